The van der Waals surface area contributed by atoms with E-state index in [1.807, 2.05) is 44.2 Å². The van der Waals surface area contributed by atoms with Gasteiger partial charge in [0.2, 0.25) is 0 Å². The fraction of sp³-hybridized carbons (Fsp3) is 0.269. The van der Waals surface area contributed by atoms with Gasteiger partial charge in [0.05, 0.1) is 30.0 Å². The molecule has 6 nitrogen and oxygen atoms in total. The third-order valence-electron chi connectivity index (χ3n) is 5.08. The summed E-state index contributed by atoms with van der Waals surface area (Å²) in [6.07, 6.45) is 0.382. The van der Waals surface area contributed by atoms with Gasteiger partial charge in [-0.1, -0.05) is 56.3 Å². The molecule has 0 aliphatic rings. The summed E-state index contributed by atoms with van der Waals surface area (Å²) in [5.41, 5.74) is 3.54. The average molecular weight is 475 g/mol. The molecule has 0 bridgehead atoms. The van der Waals surface area contributed by atoms with Crippen LogP contribution in [0.5, 0.6) is 0 Å². The summed E-state index contributed by atoms with van der Waals surface area (Å²) in [6.45, 7) is 3.99. The summed E-state index contributed by atoms with van der Waals surface area (Å²) >= 11 is 0. The number of benzene rings is 2. The molecule has 0 saturated heterocycles. The third kappa shape index (κ3) is 7.55. The molecule has 0 aliphatic heterocycles. The number of carboxylic acid groups (broad SMARTS) is 1. The van der Waals surface area contributed by atoms with Crippen LogP contribution in [0, 0.1) is 5.82 Å². The molecule has 3 N–H and O–H groups in total. The van der Waals surface area contributed by atoms with Gasteiger partial charge in [0, 0.05) is 23.1 Å². The number of hydrogen-bond donors (Lipinski definition) is 3. The van der Waals surface area contributed by atoms with Crippen molar-refractivity contribution < 1.29 is 24.5 Å². The first-order valence-corrected chi connectivity index (χ1v) is 10.7. The topological polar surface area (TPSA) is 104 Å². The molecule has 0 saturated carbocycles. The Labute approximate surface area is 220 Å². The van der Waals surface area contributed by atoms with Gasteiger partial charge in [-0.25, -0.2) is 14.4 Å². The monoisotopic (exact) mass is 474 g/mol. The number of aliphatic hydroxyl groups excluding tert-OH is 2. The van der Waals surface area contributed by atoms with Crippen molar-refractivity contribution in [3.8, 4) is 22.6 Å². The second-order valence-corrected chi connectivity index (χ2v) is 8.14. The summed E-state index contributed by atoms with van der Waals surface area (Å²) in [7, 11) is 0. The number of halogens is 1. The van der Waals surface area contributed by atoms with Gasteiger partial charge in [-0.3, -0.25) is 4.79 Å². The summed E-state index contributed by atoms with van der Waals surface area (Å²) in [5.74, 6) is -0.943. The summed E-state index contributed by atoms with van der Waals surface area (Å²) in [4.78, 5) is 20.3. The Bertz CT molecular complexity index is 1120. The van der Waals surface area contributed by atoms with Crippen molar-refractivity contribution in [1.82, 2.24) is 9.97 Å². The number of carbonyl (C=O) groups is 1. The fourth-order valence-electron chi connectivity index (χ4n) is 3.48. The van der Waals surface area contributed by atoms with Gasteiger partial charge >= 0.3 is 35.5 Å². The SMILES string of the molecule is CC(C)c1nc(-c2ccccc2)nc(-c2ccc(F)cc2)c1/C=C/[C@@H](O)CC(O)CC(=O)O.[NaH]. The minimum atomic E-state index is -1.17. The van der Waals surface area contributed by atoms with Crippen LogP contribution in [0.4, 0.5) is 4.39 Å². The van der Waals surface area contributed by atoms with E-state index in [0.29, 0.717) is 22.6 Å². The normalized spacial score (nSPS) is 13.0. The molecule has 8 heteroatoms. The number of carboxylic acids is 1. The number of rotatable bonds is 9. The zero-order valence-corrected chi connectivity index (χ0v) is 18.5. The first kappa shape index (κ1) is 27.8. The van der Waals surface area contributed by atoms with Crippen LogP contribution >= 0.6 is 0 Å². The summed E-state index contributed by atoms with van der Waals surface area (Å²) in [6, 6.07) is 15.5. The van der Waals surface area contributed by atoms with E-state index >= 15 is 0 Å². The van der Waals surface area contributed by atoms with E-state index in [2.05, 4.69) is 0 Å². The van der Waals surface area contributed by atoms with Gasteiger partial charge in [-0.15, -0.1) is 0 Å². The molecule has 174 valence electrons. The van der Waals surface area contributed by atoms with E-state index in [9.17, 15) is 19.4 Å². The Balaban J connectivity index is 0.00000408. The van der Waals surface area contributed by atoms with Crippen molar-refractivity contribution in [2.24, 2.45) is 0 Å². The molecule has 0 amide bonds. The number of nitrogens with zero attached hydrogens (tertiary/aromatic N) is 2. The molecule has 3 aromatic rings. The van der Waals surface area contributed by atoms with E-state index in [0.717, 1.165) is 11.3 Å². The van der Waals surface area contributed by atoms with E-state index in [1.165, 1.54) is 18.2 Å². The van der Waals surface area contributed by atoms with Crippen molar-refractivity contribution in [2.75, 3.05) is 0 Å². The van der Waals surface area contributed by atoms with Crippen LogP contribution in [-0.4, -0.2) is 73.0 Å². The van der Waals surface area contributed by atoms with Crippen LogP contribution in [0.2, 0.25) is 0 Å². The Morgan fingerprint density at radius 3 is 2.24 bits per heavy atom. The predicted octanol–water partition coefficient (Wildman–Crippen LogP) is 4.02. The molecule has 1 heterocycles. The van der Waals surface area contributed by atoms with Crippen molar-refractivity contribution in [3.05, 3.63) is 77.7 Å². The quantitative estimate of drug-likeness (QED) is 0.405. The first-order chi connectivity index (χ1) is 15.7. The zero-order chi connectivity index (χ0) is 24.0. The summed E-state index contributed by atoms with van der Waals surface area (Å²) in [5, 5.41) is 28.9. The number of aliphatic hydroxyl groups is 2. The molecule has 1 aromatic heterocycles. The second-order valence-electron chi connectivity index (χ2n) is 8.14. The molecule has 0 radical (unpaired) electrons. The molecule has 34 heavy (non-hydrogen) atoms. The van der Waals surface area contributed by atoms with Crippen LogP contribution < -0.4 is 0 Å². The Morgan fingerprint density at radius 2 is 1.65 bits per heavy atom. The number of aromatic nitrogens is 2. The van der Waals surface area contributed by atoms with Gasteiger partial charge in [0.1, 0.15) is 5.82 Å². The second kappa shape index (κ2) is 12.9. The van der Waals surface area contributed by atoms with E-state index in [1.54, 1.807) is 18.2 Å². The molecular weight excluding hydrogens is 446 g/mol. The first-order valence-electron chi connectivity index (χ1n) is 10.7. The number of aliphatic carboxylic acids is 1. The van der Waals surface area contributed by atoms with Crippen molar-refractivity contribution in [2.45, 2.75) is 44.8 Å². The molecule has 2 atom stereocenters. The third-order valence-corrected chi connectivity index (χ3v) is 5.08. The van der Waals surface area contributed by atoms with Gasteiger partial charge in [0.15, 0.2) is 5.82 Å². The molecule has 2 aromatic carbocycles. The predicted molar refractivity (Wildman–Crippen MR) is 132 cm³/mol. The Morgan fingerprint density at radius 1 is 1.00 bits per heavy atom. The van der Waals surface area contributed by atoms with E-state index in [-0.39, 0.29) is 47.7 Å². The molecular formula is C26H28FN2NaO4. The number of hydrogen-bond acceptors (Lipinski definition) is 5. The maximum atomic E-state index is 13.6. The van der Waals surface area contributed by atoms with Crippen LogP contribution in [0.3, 0.4) is 0 Å². The summed E-state index contributed by atoms with van der Waals surface area (Å²) < 4.78 is 13.6. The molecule has 0 fully saturated rings. The zero-order valence-electron chi connectivity index (χ0n) is 18.5. The van der Waals surface area contributed by atoms with Gasteiger partial charge < -0.3 is 15.3 Å². The van der Waals surface area contributed by atoms with Crippen molar-refractivity contribution in [1.29, 1.82) is 0 Å². The fourth-order valence-corrected chi connectivity index (χ4v) is 3.48. The van der Waals surface area contributed by atoms with Crippen LogP contribution in [-0.2, 0) is 4.79 Å². The Kier molecular flexibility index (Phi) is 10.5. The maximum absolute atomic E-state index is 13.6. The Hall–Kier alpha value is -2.42. The van der Waals surface area contributed by atoms with Crippen LogP contribution in [0.15, 0.2) is 60.7 Å². The van der Waals surface area contributed by atoms with Gasteiger partial charge in [0.25, 0.3) is 0 Å². The molecule has 3 rings (SSSR count). The van der Waals surface area contributed by atoms with Crippen molar-refractivity contribution in [3.63, 3.8) is 0 Å². The molecule has 1 unspecified atom stereocenters. The average Bonchev–Trinajstić information content (AvgIpc) is 2.77. The van der Waals surface area contributed by atoms with E-state index in [4.69, 9.17) is 15.1 Å². The van der Waals surface area contributed by atoms with Gasteiger partial charge in [-0.2, -0.15) is 0 Å². The molecule has 0 aliphatic carbocycles. The van der Waals surface area contributed by atoms with Crippen molar-refractivity contribution >= 4 is 41.6 Å². The van der Waals surface area contributed by atoms with E-state index < -0.39 is 24.6 Å². The van der Waals surface area contributed by atoms with Crippen LogP contribution in [0.25, 0.3) is 28.7 Å². The van der Waals surface area contributed by atoms with Gasteiger partial charge in [-0.05, 0) is 30.2 Å². The standard InChI is InChI=1S/C26H27FN2O4.Na.H/c1-16(2)24-22(13-12-20(30)14-21(31)15-23(32)33)25(17-8-10-19(27)11-9-17)29-26(28-24)18-6-4-3-5-7-18;;/h3-13,16,20-21,30-31H,14-15H2,1-2H3,(H,32,33);;/b13-12+;;/t20-,21?;;/m1../s1. The molecule has 0 spiro atoms. The van der Waals surface area contributed by atoms with Crippen LogP contribution in [0.1, 0.15) is 43.9 Å². The minimum absolute atomic E-state index is 0.